The quantitative estimate of drug-likeness (QED) is 0.101. The van der Waals surface area contributed by atoms with E-state index in [0.29, 0.717) is 12.8 Å². The number of alkyl halides is 18. The predicted molar refractivity (Wildman–Crippen MR) is 105 cm³/mol. The Hall–Kier alpha value is -0.830. The minimum absolute atomic E-state index is 0.0185. The first-order chi connectivity index (χ1) is 17.2. The third-order valence-corrected chi connectivity index (χ3v) is 8.23. The van der Waals surface area contributed by atoms with Crippen LogP contribution in [0.25, 0.3) is 0 Å². The lowest BCUT2D eigenvalue weighted by Crippen LogP contribution is -2.59. The summed E-state index contributed by atoms with van der Waals surface area (Å²) in [4.78, 5) is 0. The second-order valence-electron chi connectivity index (χ2n) is 8.84. The summed E-state index contributed by atoms with van der Waals surface area (Å²) in [5.41, 5.74) is -9.47. The maximum absolute atomic E-state index is 12.9. The largest absolute Gasteiger partial charge is 0.414 e. The van der Waals surface area contributed by atoms with Crippen LogP contribution in [0.5, 0.6) is 0 Å². The fourth-order valence-corrected chi connectivity index (χ4v) is 5.71. The summed E-state index contributed by atoms with van der Waals surface area (Å²) < 4.78 is 230. The summed E-state index contributed by atoms with van der Waals surface area (Å²) in [6.07, 6.45) is -30.1. The van der Waals surface area contributed by atoms with E-state index in [4.69, 9.17) is 0 Å². The molecule has 0 bridgehead atoms. The minimum Gasteiger partial charge on any atom is -0.170 e. The van der Waals surface area contributed by atoms with Gasteiger partial charge in [-0.15, -0.1) is 0 Å². The van der Waals surface area contributed by atoms with Gasteiger partial charge in [-0.1, -0.05) is 64.2 Å². The van der Waals surface area contributed by atoms with E-state index in [1.54, 1.807) is 0 Å². The van der Waals surface area contributed by atoms with E-state index in [9.17, 15) is 79.0 Å². The summed E-state index contributed by atoms with van der Waals surface area (Å²) in [5.74, 6) is -12.2. The predicted octanol–water partition coefficient (Wildman–Crippen LogP) is 11.8. The molecule has 0 heterocycles. The molecule has 236 valence electrons. The highest BCUT2D eigenvalue weighted by atomic mass is 31.1. The molecule has 1 atom stereocenters. The third-order valence-electron chi connectivity index (χ3n) is 5.97. The zero-order chi connectivity index (χ0) is 31.1. The van der Waals surface area contributed by atoms with Gasteiger partial charge in [-0.25, -0.2) is 0 Å². The van der Waals surface area contributed by atoms with Gasteiger partial charge in [0, 0.05) is 0 Å². The Bertz CT molecular complexity index is 644. The summed E-state index contributed by atoms with van der Waals surface area (Å²) in [5, 5.41) is 0. The molecule has 1 unspecified atom stereocenters. The first-order valence-electron chi connectivity index (χ1n) is 11.4. The van der Waals surface area contributed by atoms with Crippen LogP contribution in [0.3, 0.4) is 0 Å². The van der Waals surface area contributed by atoms with E-state index in [1.807, 2.05) is 0 Å². The maximum Gasteiger partial charge on any atom is 0.414 e. The van der Waals surface area contributed by atoms with Crippen molar-refractivity contribution in [1.29, 1.82) is 0 Å². The molecule has 0 aromatic rings. The van der Waals surface area contributed by atoms with Gasteiger partial charge < -0.3 is 0 Å². The lowest BCUT2D eigenvalue weighted by atomic mass is 9.80. The smallest absolute Gasteiger partial charge is 0.170 e. The second-order valence-corrected chi connectivity index (χ2v) is 11.2. The highest BCUT2D eigenvalue weighted by Gasteiger charge is 2.82. The van der Waals surface area contributed by atoms with Gasteiger partial charge in [0.15, 0.2) is 0 Å². The van der Waals surface area contributed by atoms with Crippen LogP contribution >= 0.6 is 7.92 Å². The van der Waals surface area contributed by atoms with Crippen LogP contribution < -0.4 is 0 Å². The first kappa shape index (κ1) is 38.2. The molecule has 19 heteroatoms. The van der Waals surface area contributed by atoms with E-state index >= 15 is 0 Å². The molecule has 0 saturated heterocycles. The SMILES string of the molecule is FC(F)(F)C(CCCCCCCCCCCCC(C(F)(F)F)(C(F)(F)F)C(F)(F)F)P(C(F)(F)F)C(F)(F)F. The van der Waals surface area contributed by atoms with Crippen molar-refractivity contribution in [3.8, 4) is 0 Å². The molecule has 0 saturated carbocycles. The minimum atomic E-state index is -6.62. The van der Waals surface area contributed by atoms with Crippen molar-refractivity contribution in [2.75, 3.05) is 0 Å². The monoisotopic (exact) mass is 638 g/mol. The van der Waals surface area contributed by atoms with Crippen LogP contribution in [0.1, 0.15) is 77.0 Å². The molecule has 0 aromatic heterocycles. The average Bonchev–Trinajstić information content (AvgIpc) is 2.64. The zero-order valence-corrected chi connectivity index (χ0v) is 20.7. The van der Waals surface area contributed by atoms with Gasteiger partial charge in [-0.05, 0) is 12.8 Å². The molecule has 39 heavy (non-hydrogen) atoms. The number of halogens is 18. The standard InChI is InChI=1S/C20H25F18P/c21-15(22,23)13(39(19(33,34)35)20(36,37)38)11-9-7-5-3-1-2-4-6-8-10-12-14(16(24,25)26,17(27,28)29)18(30,31)32/h13H,1-12H2. The van der Waals surface area contributed by atoms with Crippen molar-refractivity contribution in [2.24, 2.45) is 5.41 Å². The van der Waals surface area contributed by atoms with Crippen LogP contribution in [-0.4, -0.2) is 42.2 Å². The summed E-state index contributed by atoms with van der Waals surface area (Å²) in [6, 6.07) is 0. The van der Waals surface area contributed by atoms with Crippen molar-refractivity contribution in [3.05, 3.63) is 0 Å². The van der Waals surface area contributed by atoms with Crippen LogP contribution in [0.4, 0.5) is 79.0 Å². The Balaban J connectivity index is 4.51. The van der Waals surface area contributed by atoms with Gasteiger partial charge in [-0.2, -0.15) is 79.0 Å². The molecule has 0 radical (unpaired) electrons. The topological polar surface area (TPSA) is 0 Å². The average molecular weight is 638 g/mol. The molecule has 0 spiro atoms. The molecule has 0 aliphatic rings. The molecule has 0 aliphatic carbocycles. The van der Waals surface area contributed by atoms with Gasteiger partial charge >= 0.3 is 36.5 Å². The van der Waals surface area contributed by atoms with Crippen LogP contribution in [0, 0.1) is 5.41 Å². The lowest BCUT2D eigenvalue weighted by Gasteiger charge is -2.38. The molecule has 0 rings (SSSR count). The highest BCUT2D eigenvalue weighted by Crippen LogP contribution is 2.70. The summed E-state index contributed by atoms with van der Waals surface area (Å²) in [6.45, 7) is 0. The fraction of sp³-hybridized carbons (Fsp3) is 1.00. The molecule has 0 aromatic carbocycles. The molecule has 0 aliphatic heterocycles. The van der Waals surface area contributed by atoms with E-state index in [-0.39, 0.29) is 38.5 Å². The summed E-state index contributed by atoms with van der Waals surface area (Å²) >= 11 is 0. The van der Waals surface area contributed by atoms with Crippen LogP contribution in [0.15, 0.2) is 0 Å². The maximum atomic E-state index is 12.9. The molecular formula is C20H25F18P. The fourth-order valence-electron chi connectivity index (χ4n) is 3.99. The van der Waals surface area contributed by atoms with E-state index in [0.717, 1.165) is 0 Å². The van der Waals surface area contributed by atoms with Crippen molar-refractivity contribution >= 4 is 7.92 Å². The third kappa shape index (κ3) is 11.2. The highest BCUT2D eigenvalue weighted by molar-refractivity contribution is 7.60. The number of unbranched alkanes of at least 4 members (excludes halogenated alkanes) is 9. The van der Waals surface area contributed by atoms with E-state index in [2.05, 4.69) is 0 Å². The molecule has 0 N–H and O–H groups in total. The zero-order valence-electron chi connectivity index (χ0n) is 19.8. The summed E-state index contributed by atoms with van der Waals surface area (Å²) in [7, 11) is -5.37. The normalized spacial score (nSPS) is 15.8. The van der Waals surface area contributed by atoms with Crippen LogP contribution in [-0.2, 0) is 0 Å². The molecule has 0 fully saturated rings. The number of hydrogen-bond acceptors (Lipinski definition) is 0. The lowest BCUT2D eigenvalue weighted by molar-refractivity contribution is -0.429. The Morgan fingerprint density at radius 2 is 0.667 bits per heavy atom. The van der Waals surface area contributed by atoms with Crippen molar-refractivity contribution in [3.63, 3.8) is 0 Å². The molecular weight excluding hydrogens is 613 g/mol. The van der Waals surface area contributed by atoms with Gasteiger partial charge in [0.25, 0.3) is 5.41 Å². The Kier molecular flexibility index (Phi) is 13.6. The Labute approximate surface area is 212 Å². The van der Waals surface area contributed by atoms with Crippen molar-refractivity contribution < 1.29 is 79.0 Å². The number of hydrogen-bond donors (Lipinski definition) is 0. The van der Waals surface area contributed by atoms with E-state index in [1.165, 1.54) is 0 Å². The van der Waals surface area contributed by atoms with Crippen molar-refractivity contribution in [1.82, 2.24) is 0 Å². The molecule has 0 amide bonds. The Morgan fingerprint density at radius 1 is 0.385 bits per heavy atom. The van der Waals surface area contributed by atoms with E-state index < -0.39 is 81.2 Å². The van der Waals surface area contributed by atoms with Crippen LogP contribution in [0.2, 0.25) is 0 Å². The van der Waals surface area contributed by atoms with Crippen molar-refractivity contribution in [2.45, 2.75) is 119 Å². The Morgan fingerprint density at radius 3 is 0.923 bits per heavy atom. The molecule has 0 nitrogen and oxygen atoms in total. The van der Waals surface area contributed by atoms with Gasteiger partial charge in [0.2, 0.25) is 0 Å². The number of rotatable bonds is 14. The van der Waals surface area contributed by atoms with Gasteiger partial charge in [0.05, 0.1) is 5.66 Å². The van der Waals surface area contributed by atoms with Gasteiger partial charge in [-0.3, -0.25) is 0 Å². The van der Waals surface area contributed by atoms with Gasteiger partial charge in [0.1, 0.15) is 7.92 Å². The second kappa shape index (κ2) is 13.9. The first-order valence-corrected chi connectivity index (χ1v) is 12.8.